The molecule has 1 amide bonds. The van der Waals surface area contributed by atoms with Crippen LogP contribution in [-0.4, -0.2) is 67.4 Å². The summed E-state index contributed by atoms with van der Waals surface area (Å²) in [7, 11) is 1.88. The minimum Gasteiger partial charge on any atom is -0.444 e. The maximum absolute atomic E-state index is 12.2. The summed E-state index contributed by atoms with van der Waals surface area (Å²) in [5.41, 5.74) is 3.26. The van der Waals surface area contributed by atoms with Crippen LogP contribution in [0.25, 0.3) is 16.8 Å². The minimum absolute atomic E-state index is 0.255. The van der Waals surface area contributed by atoms with Crippen LogP contribution in [0.15, 0.2) is 30.7 Å². The van der Waals surface area contributed by atoms with Gasteiger partial charge in [0.15, 0.2) is 0 Å². The fraction of sp³-hybridized carbons (Fsp3) is 0.474. The normalized spacial score (nSPS) is 15.3. The van der Waals surface area contributed by atoms with Crippen molar-refractivity contribution in [2.75, 3.05) is 31.1 Å². The van der Waals surface area contributed by atoms with Gasteiger partial charge in [-0.25, -0.2) is 4.79 Å². The van der Waals surface area contributed by atoms with E-state index in [4.69, 9.17) is 4.74 Å². The number of anilines is 1. The molecule has 0 bridgehead atoms. The van der Waals surface area contributed by atoms with Gasteiger partial charge < -0.3 is 14.5 Å². The summed E-state index contributed by atoms with van der Waals surface area (Å²) in [6.45, 7) is 8.34. The Bertz CT molecular complexity index is 993. The number of ether oxygens (including phenoxy) is 1. The lowest BCUT2D eigenvalue weighted by Crippen LogP contribution is -2.50. The van der Waals surface area contributed by atoms with Crippen LogP contribution in [0.3, 0.4) is 0 Å². The Balaban J connectivity index is 1.48. The van der Waals surface area contributed by atoms with Crippen LogP contribution in [0, 0.1) is 0 Å². The zero-order chi connectivity index (χ0) is 19.9. The number of amides is 1. The third-order valence-corrected chi connectivity index (χ3v) is 4.64. The Labute approximate surface area is 163 Å². The van der Waals surface area contributed by atoms with E-state index in [1.54, 1.807) is 20.4 Å². The van der Waals surface area contributed by atoms with Gasteiger partial charge in [0.25, 0.3) is 0 Å². The smallest absolute Gasteiger partial charge is 0.410 e. The van der Waals surface area contributed by atoms with Crippen molar-refractivity contribution >= 4 is 17.3 Å². The molecule has 0 atom stereocenters. The summed E-state index contributed by atoms with van der Waals surface area (Å²) in [5.74, 6) is 0. The second-order valence-electron chi connectivity index (χ2n) is 7.98. The molecule has 9 nitrogen and oxygen atoms in total. The number of piperazine rings is 1. The van der Waals surface area contributed by atoms with E-state index in [1.165, 1.54) is 0 Å². The Morgan fingerprint density at radius 3 is 2.46 bits per heavy atom. The average molecular weight is 383 g/mol. The highest BCUT2D eigenvalue weighted by Gasteiger charge is 2.27. The number of aryl methyl sites for hydroxylation is 1. The topological polar surface area (TPSA) is 80.8 Å². The van der Waals surface area contributed by atoms with Crippen molar-refractivity contribution in [1.82, 2.24) is 29.5 Å². The molecule has 148 valence electrons. The quantitative estimate of drug-likeness (QED) is 0.675. The lowest BCUT2D eigenvalue weighted by Gasteiger charge is -2.36. The fourth-order valence-corrected chi connectivity index (χ4v) is 3.27. The van der Waals surface area contributed by atoms with E-state index in [2.05, 4.69) is 20.2 Å². The molecule has 0 radical (unpaired) electrons. The lowest BCUT2D eigenvalue weighted by atomic mass is 10.2. The minimum atomic E-state index is -0.478. The molecule has 28 heavy (non-hydrogen) atoms. The van der Waals surface area contributed by atoms with Gasteiger partial charge in [-0.1, -0.05) is 0 Å². The average Bonchev–Trinajstić information content (AvgIpc) is 3.26. The summed E-state index contributed by atoms with van der Waals surface area (Å²) in [6.07, 6.45) is 5.29. The molecule has 1 fully saturated rings. The van der Waals surface area contributed by atoms with Gasteiger partial charge in [0.05, 0.1) is 23.8 Å². The van der Waals surface area contributed by atoms with Gasteiger partial charge in [0.2, 0.25) is 0 Å². The molecule has 0 aliphatic carbocycles. The van der Waals surface area contributed by atoms with Crippen LogP contribution >= 0.6 is 0 Å². The van der Waals surface area contributed by atoms with Gasteiger partial charge in [-0.3, -0.25) is 4.68 Å². The molecule has 1 aliphatic heterocycles. The number of carbonyl (C=O) groups excluding carboxylic acids is 1. The molecule has 0 unspecified atom stereocenters. The second kappa shape index (κ2) is 6.81. The summed E-state index contributed by atoms with van der Waals surface area (Å²) in [4.78, 5) is 16.2. The van der Waals surface area contributed by atoms with Crippen molar-refractivity contribution in [2.24, 2.45) is 7.05 Å². The standard InChI is InChI=1S/C19H25N7O2/c1-19(2,3)28-18(27)25-9-7-24(8-10-25)17-12-21-26-16(17)6-5-15(22-26)14-11-20-23(4)13-14/h5-6,11-13H,7-10H2,1-4H3. The Hall–Kier alpha value is -3.10. The van der Waals surface area contributed by atoms with Crippen molar-refractivity contribution in [3.63, 3.8) is 0 Å². The van der Waals surface area contributed by atoms with Crippen molar-refractivity contribution < 1.29 is 9.53 Å². The molecule has 3 aromatic heterocycles. The predicted octanol–water partition coefficient (Wildman–Crippen LogP) is 2.19. The molecule has 1 aliphatic rings. The summed E-state index contributed by atoms with van der Waals surface area (Å²) in [5, 5.41) is 13.2. The van der Waals surface area contributed by atoms with Crippen LogP contribution in [0.2, 0.25) is 0 Å². The zero-order valence-corrected chi connectivity index (χ0v) is 16.7. The summed E-state index contributed by atoms with van der Waals surface area (Å²) < 4.78 is 8.87. The molecular formula is C19H25N7O2. The first kappa shape index (κ1) is 18.3. The van der Waals surface area contributed by atoms with Gasteiger partial charge in [-0.2, -0.15) is 10.2 Å². The van der Waals surface area contributed by atoms with Crippen LogP contribution in [0.5, 0.6) is 0 Å². The highest BCUT2D eigenvalue weighted by Crippen LogP contribution is 2.25. The van der Waals surface area contributed by atoms with E-state index in [-0.39, 0.29) is 6.09 Å². The van der Waals surface area contributed by atoms with E-state index >= 15 is 0 Å². The number of nitrogens with zero attached hydrogens (tertiary/aromatic N) is 7. The second-order valence-corrected chi connectivity index (χ2v) is 7.98. The van der Waals surface area contributed by atoms with E-state index in [0.717, 1.165) is 35.6 Å². The predicted molar refractivity (Wildman–Crippen MR) is 105 cm³/mol. The molecule has 9 heteroatoms. The highest BCUT2D eigenvalue weighted by molar-refractivity contribution is 5.74. The number of carbonyl (C=O) groups is 1. The van der Waals surface area contributed by atoms with E-state index in [9.17, 15) is 4.79 Å². The molecule has 0 spiro atoms. The van der Waals surface area contributed by atoms with E-state index in [1.807, 2.05) is 52.3 Å². The molecule has 4 heterocycles. The van der Waals surface area contributed by atoms with E-state index in [0.29, 0.717) is 13.1 Å². The monoisotopic (exact) mass is 383 g/mol. The lowest BCUT2D eigenvalue weighted by molar-refractivity contribution is 0.0240. The van der Waals surface area contributed by atoms with Gasteiger partial charge in [0, 0.05) is 45.0 Å². The Kier molecular flexibility index (Phi) is 4.44. The SMILES string of the molecule is Cn1cc(-c2ccc3c(N4CCN(C(=O)OC(C)(C)C)CC4)cnn3n2)cn1. The third kappa shape index (κ3) is 3.64. The van der Waals surface area contributed by atoms with Crippen LogP contribution in [0.4, 0.5) is 10.5 Å². The highest BCUT2D eigenvalue weighted by atomic mass is 16.6. The zero-order valence-electron chi connectivity index (χ0n) is 16.7. The van der Waals surface area contributed by atoms with Gasteiger partial charge in [-0.15, -0.1) is 9.73 Å². The molecule has 3 aromatic rings. The van der Waals surface area contributed by atoms with Crippen LogP contribution in [0.1, 0.15) is 20.8 Å². The van der Waals surface area contributed by atoms with Crippen LogP contribution in [-0.2, 0) is 11.8 Å². The molecule has 4 rings (SSSR count). The van der Waals surface area contributed by atoms with Crippen molar-refractivity contribution in [3.05, 3.63) is 30.7 Å². The summed E-state index contributed by atoms with van der Waals surface area (Å²) >= 11 is 0. The molecular weight excluding hydrogens is 358 g/mol. The Morgan fingerprint density at radius 2 is 1.82 bits per heavy atom. The van der Waals surface area contributed by atoms with Gasteiger partial charge in [0.1, 0.15) is 11.1 Å². The van der Waals surface area contributed by atoms with Crippen LogP contribution < -0.4 is 4.90 Å². The molecule has 0 aromatic carbocycles. The van der Waals surface area contributed by atoms with E-state index < -0.39 is 5.60 Å². The maximum atomic E-state index is 12.2. The third-order valence-electron chi connectivity index (χ3n) is 4.64. The fourth-order valence-electron chi connectivity index (χ4n) is 3.27. The van der Waals surface area contributed by atoms with Gasteiger partial charge >= 0.3 is 6.09 Å². The molecule has 0 N–H and O–H groups in total. The number of aromatic nitrogens is 5. The largest absolute Gasteiger partial charge is 0.444 e. The Morgan fingerprint density at radius 1 is 1.07 bits per heavy atom. The van der Waals surface area contributed by atoms with Crippen molar-refractivity contribution in [2.45, 2.75) is 26.4 Å². The van der Waals surface area contributed by atoms with Crippen molar-refractivity contribution in [3.8, 4) is 11.3 Å². The van der Waals surface area contributed by atoms with Crippen molar-refractivity contribution in [1.29, 1.82) is 0 Å². The first-order valence-corrected chi connectivity index (χ1v) is 9.37. The maximum Gasteiger partial charge on any atom is 0.410 e. The first-order valence-electron chi connectivity index (χ1n) is 9.37. The number of hydrogen-bond donors (Lipinski definition) is 0. The molecule has 0 saturated carbocycles. The first-order chi connectivity index (χ1) is 13.3. The summed E-state index contributed by atoms with van der Waals surface area (Å²) in [6, 6.07) is 4.01. The van der Waals surface area contributed by atoms with Gasteiger partial charge in [-0.05, 0) is 32.9 Å². The number of rotatable bonds is 2. The molecule has 1 saturated heterocycles. The number of hydrogen-bond acceptors (Lipinski definition) is 6. The number of fused-ring (bicyclic) bond motifs is 1.